The van der Waals surface area contributed by atoms with Gasteiger partial charge in [-0.15, -0.1) is 0 Å². The summed E-state index contributed by atoms with van der Waals surface area (Å²) in [5.41, 5.74) is 1.04. The summed E-state index contributed by atoms with van der Waals surface area (Å²) in [5, 5.41) is 15.4. The molecule has 0 aliphatic rings. The van der Waals surface area contributed by atoms with Gasteiger partial charge < -0.3 is 25.4 Å². The van der Waals surface area contributed by atoms with Crippen molar-refractivity contribution in [2.45, 2.75) is 104 Å². The SMILES string of the molecule is CCCCCNC(=O)C(c1ccc(CC)cc1)N(C(=O)C(CO)NC(=O)OC(C)(C)C)C(C)CC. The first-order valence-electron chi connectivity index (χ1n) is 12.8. The standard InChI is InChI=1S/C27H45N3O5/c1-8-11-12-17-28-24(32)23(21-15-13-20(10-3)14-16-21)30(19(4)9-2)25(33)22(18-31)29-26(34)35-27(5,6)7/h13-16,19,22-23,31H,8-12,17-18H2,1-7H3,(H,28,32)(H,29,34). The summed E-state index contributed by atoms with van der Waals surface area (Å²) in [7, 11) is 0. The molecule has 3 unspecified atom stereocenters. The number of aryl methyl sites for hydroxylation is 1. The van der Waals surface area contributed by atoms with Crippen LogP contribution in [0.25, 0.3) is 0 Å². The molecule has 0 saturated carbocycles. The molecule has 1 rings (SSSR count). The summed E-state index contributed by atoms with van der Waals surface area (Å²) in [6.45, 7) is 13.0. The zero-order valence-electron chi connectivity index (χ0n) is 22.5. The molecular formula is C27H45N3O5. The number of alkyl carbamates (subject to hydrolysis) is 1. The van der Waals surface area contributed by atoms with Crippen molar-refractivity contribution in [2.75, 3.05) is 13.2 Å². The molecule has 0 bridgehead atoms. The van der Waals surface area contributed by atoms with Crippen LogP contribution in [0, 0.1) is 0 Å². The Labute approximate surface area is 210 Å². The average molecular weight is 492 g/mol. The van der Waals surface area contributed by atoms with Gasteiger partial charge in [0.2, 0.25) is 11.8 Å². The van der Waals surface area contributed by atoms with Gasteiger partial charge in [0.05, 0.1) is 6.61 Å². The third-order valence-corrected chi connectivity index (χ3v) is 5.80. The third kappa shape index (κ3) is 9.88. The number of carbonyl (C=O) groups is 3. The van der Waals surface area contributed by atoms with Gasteiger partial charge in [0, 0.05) is 12.6 Å². The molecule has 0 spiro atoms. The number of aliphatic hydroxyl groups is 1. The smallest absolute Gasteiger partial charge is 0.408 e. The van der Waals surface area contributed by atoms with E-state index in [0.717, 1.165) is 31.2 Å². The normalized spacial score (nSPS) is 13.9. The highest BCUT2D eigenvalue weighted by atomic mass is 16.6. The van der Waals surface area contributed by atoms with E-state index in [2.05, 4.69) is 24.5 Å². The van der Waals surface area contributed by atoms with Gasteiger partial charge in [-0.25, -0.2) is 4.79 Å². The molecule has 0 heterocycles. The maximum Gasteiger partial charge on any atom is 0.408 e. The molecule has 8 heteroatoms. The largest absolute Gasteiger partial charge is 0.444 e. The maximum atomic E-state index is 13.7. The van der Waals surface area contributed by atoms with Gasteiger partial charge in [0.25, 0.3) is 0 Å². The molecular weight excluding hydrogens is 446 g/mol. The molecule has 0 aliphatic heterocycles. The highest BCUT2D eigenvalue weighted by molar-refractivity contribution is 5.92. The van der Waals surface area contributed by atoms with Gasteiger partial charge in [-0.1, -0.05) is 57.9 Å². The predicted molar refractivity (Wildman–Crippen MR) is 138 cm³/mol. The van der Waals surface area contributed by atoms with Crippen molar-refractivity contribution in [3.05, 3.63) is 35.4 Å². The summed E-state index contributed by atoms with van der Waals surface area (Å²) in [4.78, 5) is 41.0. The number of carbonyl (C=O) groups excluding carboxylic acids is 3. The fraction of sp³-hybridized carbons (Fsp3) is 0.667. The van der Waals surface area contributed by atoms with Gasteiger partial charge >= 0.3 is 6.09 Å². The lowest BCUT2D eigenvalue weighted by molar-refractivity contribution is -0.145. The molecule has 3 N–H and O–H groups in total. The quantitative estimate of drug-likeness (QED) is 0.360. The van der Waals surface area contributed by atoms with Crippen LogP contribution in [0.1, 0.15) is 91.3 Å². The third-order valence-electron chi connectivity index (χ3n) is 5.80. The Balaban J connectivity index is 3.35. The zero-order valence-corrected chi connectivity index (χ0v) is 22.5. The van der Waals surface area contributed by atoms with E-state index in [1.54, 1.807) is 20.8 Å². The molecule has 0 saturated heterocycles. The summed E-state index contributed by atoms with van der Waals surface area (Å²) >= 11 is 0. The second-order valence-electron chi connectivity index (χ2n) is 9.88. The first-order valence-corrected chi connectivity index (χ1v) is 12.8. The zero-order chi connectivity index (χ0) is 26.6. The number of unbranched alkanes of at least 4 members (excludes halogenated alkanes) is 2. The second-order valence-corrected chi connectivity index (χ2v) is 9.88. The van der Waals surface area contributed by atoms with Gasteiger partial charge in [-0.05, 0) is 58.1 Å². The van der Waals surface area contributed by atoms with Gasteiger partial charge in [0.1, 0.15) is 17.7 Å². The number of benzene rings is 1. The van der Waals surface area contributed by atoms with Crippen molar-refractivity contribution in [1.29, 1.82) is 0 Å². The Bertz CT molecular complexity index is 804. The van der Waals surface area contributed by atoms with Crippen LogP contribution >= 0.6 is 0 Å². The number of hydrogen-bond acceptors (Lipinski definition) is 5. The second kappa shape index (κ2) is 14.7. The molecule has 198 valence electrons. The molecule has 1 aromatic carbocycles. The van der Waals surface area contributed by atoms with Gasteiger partial charge in [-0.3, -0.25) is 9.59 Å². The Morgan fingerprint density at radius 3 is 2.17 bits per heavy atom. The summed E-state index contributed by atoms with van der Waals surface area (Å²) < 4.78 is 5.27. The van der Waals surface area contributed by atoms with Crippen molar-refractivity contribution >= 4 is 17.9 Å². The summed E-state index contributed by atoms with van der Waals surface area (Å²) in [6.07, 6.45) is 3.51. The van der Waals surface area contributed by atoms with E-state index in [4.69, 9.17) is 4.74 Å². The fourth-order valence-electron chi connectivity index (χ4n) is 3.67. The molecule has 8 nitrogen and oxygen atoms in total. The first-order chi connectivity index (χ1) is 16.5. The van der Waals surface area contributed by atoms with E-state index in [1.807, 2.05) is 38.1 Å². The molecule has 3 atom stereocenters. The number of ether oxygens (including phenoxy) is 1. The van der Waals surface area contributed by atoms with Gasteiger partial charge in [-0.2, -0.15) is 0 Å². The fourth-order valence-corrected chi connectivity index (χ4v) is 3.67. The lowest BCUT2D eigenvalue weighted by Gasteiger charge is -2.38. The molecule has 3 amide bonds. The molecule has 0 aromatic heterocycles. The van der Waals surface area contributed by atoms with Crippen LogP contribution in [0.15, 0.2) is 24.3 Å². The Hall–Kier alpha value is -2.61. The Morgan fingerprint density at radius 1 is 1.06 bits per heavy atom. The van der Waals surface area contributed by atoms with Crippen molar-refractivity contribution in [1.82, 2.24) is 15.5 Å². The van der Waals surface area contributed by atoms with Crippen LogP contribution in [0.2, 0.25) is 0 Å². The maximum absolute atomic E-state index is 13.7. The van der Waals surface area contributed by atoms with E-state index in [9.17, 15) is 19.5 Å². The Morgan fingerprint density at radius 2 is 1.69 bits per heavy atom. The lowest BCUT2D eigenvalue weighted by Crippen LogP contribution is -2.56. The van der Waals surface area contributed by atoms with E-state index < -0.39 is 36.3 Å². The molecule has 35 heavy (non-hydrogen) atoms. The minimum Gasteiger partial charge on any atom is -0.444 e. The minimum atomic E-state index is -1.25. The number of nitrogens with one attached hydrogen (secondary N) is 2. The number of hydrogen-bond donors (Lipinski definition) is 3. The van der Waals surface area contributed by atoms with Crippen LogP contribution in [0.4, 0.5) is 4.79 Å². The molecule has 0 radical (unpaired) electrons. The summed E-state index contributed by atoms with van der Waals surface area (Å²) in [5.74, 6) is -0.825. The van der Waals surface area contributed by atoms with Gasteiger partial charge in [0.15, 0.2) is 0 Å². The Kier molecular flexibility index (Phi) is 12.8. The molecule has 1 aromatic rings. The van der Waals surface area contributed by atoms with Crippen LogP contribution in [0.3, 0.4) is 0 Å². The highest BCUT2D eigenvalue weighted by Crippen LogP contribution is 2.27. The van der Waals surface area contributed by atoms with Crippen molar-refractivity contribution in [3.8, 4) is 0 Å². The molecule has 0 aliphatic carbocycles. The monoisotopic (exact) mass is 491 g/mol. The van der Waals surface area contributed by atoms with Crippen LogP contribution in [-0.4, -0.2) is 58.8 Å². The van der Waals surface area contributed by atoms with E-state index in [0.29, 0.717) is 18.5 Å². The number of aliphatic hydroxyl groups excluding tert-OH is 1. The summed E-state index contributed by atoms with van der Waals surface area (Å²) in [6, 6.07) is 5.17. The highest BCUT2D eigenvalue weighted by Gasteiger charge is 2.38. The van der Waals surface area contributed by atoms with E-state index in [-0.39, 0.29) is 11.9 Å². The van der Waals surface area contributed by atoms with E-state index >= 15 is 0 Å². The van der Waals surface area contributed by atoms with Crippen LogP contribution < -0.4 is 10.6 Å². The van der Waals surface area contributed by atoms with Crippen molar-refractivity contribution in [2.24, 2.45) is 0 Å². The number of amides is 3. The van der Waals surface area contributed by atoms with E-state index in [1.165, 1.54) is 4.90 Å². The average Bonchev–Trinajstić information content (AvgIpc) is 2.81. The lowest BCUT2D eigenvalue weighted by atomic mass is 9.98. The predicted octanol–water partition coefficient (Wildman–Crippen LogP) is 4.11. The number of rotatable bonds is 13. The van der Waals surface area contributed by atoms with Crippen LogP contribution in [-0.2, 0) is 20.7 Å². The first kappa shape index (κ1) is 30.4. The molecule has 0 fully saturated rings. The van der Waals surface area contributed by atoms with Crippen molar-refractivity contribution < 1.29 is 24.2 Å². The van der Waals surface area contributed by atoms with Crippen molar-refractivity contribution in [3.63, 3.8) is 0 Å². The van der Waals surface area contributed by atoms with Crippen LogP contribution in [0.5, 0.6) is 0 Å². The minimum absolute atomic E-state index is 0.284. The number of nitrogens with zero attached hydrogens (tertiary/aromatic N) is 1. The topological polar surface area (TPSA) is 108 Å².